The number of anilines is 1. The Kier molecular flexibility index (Phi) is 7.32. The Morgan fingerprint density at radius 3 is 2.69 bits per heavy atom. The van der Waals surface area contributed by atoms with Crippen LogP contribution >= 0.6 is 11.8 Å². The molecule has 3 rings (SSSR count). The lowest BCUT2D eigenvalue weighted by atomic mass is 10.2. The number of fused-ring (bicyclic) bond motifs is 1. The molecule has 0 bridgehead atoms. The molecule has 1 heterocycles. The van der Waals surface area contributed by atoms with Gasteiger partial charge in [-0.25, -0.2) is 13.2 Å². The van der Waals surface area contributed by atoms with E-state index in [2.05, 4.69) is 10.0 Å². The van der Waals surface area contributed by atoms with E-state index < -0.39 is 27.7 Å². The number of methoxy groups -OCH3 is 1. The Morgan fingerprint density at radius 1 is 1.25 bits per heavy atom. The fourth-order valence-corrected chi connectivity index (χ4v) is 4.87. The van der Waals surface area contributed by atoms with Crippen LogP contribution in [-0.4, -0.2) is 44.1 Å². The van der Waals surface area contributed by atoms with Gasteiger partial charge in [0.25, 0.3) is 0 Å². The van der Waals surface area contributed by atoms with E-state index in [0.717, 1.165) is 5.56 Å². The Hall–Kier alpha value is -2.76. The molecule has 0 saturated heterocycles. The molecular formula is C21H25N3O6S2. The van der Waals surface area contributed by atoms with Crippen molar-refractivity contribution in [1.82, 2.24) is 9.29 Å². The topological polar surface area (TPSA) is 120 Å². The maximum atomic E-state index is 13.0. The van der Waals surface area contributed by atoms with E-state index in [4.69, 9.17) is 9.15 Å². The van der Waals surface area contributed by atoms with Crippen molar-refractivity contribution in [2.75, 3.05) is 24.4 Å². The molecule has 0 spiro atoms. The zero-order valence-corrected chi connectivity index (χ0v) is 19.8. The molecule has 9 nitrogen and oxygen atoms in total. The molecule has 0 aliphatic rings. The molecule has 0 aliphatic heterocycles. The van der Waals surface area contributed by atoms with E-state index in [1.807, 2.05) is 19.2 Å². The first-order valence-corrected chi connectivity index (χ1v) is 12.6. The van der Waals surface area contributed by atoms with Gasteiger partial charge in [0.05, 0.1) is 23.2 Å². The third kappa shape index (κ3) is 5.17. The average molecular weight is 480 g/mol. The van der Waals surface area contributed by atoms with Crippen LogP contribution < -0.4 is 20.5 Å². The third-order valence-electron chi connectivity index (χ3n) is 4.91. The summed E-state index contributed by atoms with van der Waals surface area (Å²) in [4.78, 5) is 24.6. The molecule has 32 heavy (non-hydrogen) atoms. The van der Waals surface area contributed by atoms with Gasteiger partial charge in [0.15, 0.2) is 5.58 Å². The van der Waals surface area contributed by atoms with Crippen LogP contribution in [0.1, 0.15) is 12.0 Å². The fraction of sp³-hybridized carbons (Fsp3) is 0.333. The Labute approximate surface area is 190 Å². The van der Waals surface area contributed by atoms with Crippen LogP contribution in [0, 0.1) is 6.92 Å². The van der Waals surface area contributed by atoms with Crippen molar-refractivity contribution in [3.05, 3.63) is 52.5 Å². The molecule has 11 heteroatoms. The maximum absolute atomic E-state index is 13.0. The van der Waals surface area contributed by atoms with Gasteiger partial charge in [-0.15, -0.1) is 0 Å². The van der Waals surface area contributed by atoms with Gasteiger partial charge < -0.3 is 14.5 Å². The van der Waals surface area contributed by atoms with Crippen LogP contribution in [0.4, 0.5) is 5.69 Å². The number of rotatable bonds is 9. The Bertz CT molecular complexity index is 1300. The van der Waals surface area contributed by atoms with E-state index in [1.165, 1.54) is 48.7 Å². The Morgan fingerprint density at radius 2 is 2.00 bits per heavy atom. The first kappa shape index (κ1) is 23.9. The number of nitrogens with zero attached hydrogens (tertiary/aromatic N) is 1. The van der Waals surface area contributed by atoms with Gasteiger partial charge in [0.2, 0.25) is 15.9 Å². The SMILES string of the molecule is COc1ccc(C)cc1NC(=O)[C@H](CCSC)NS(=O)(=O)c1ccc2c(c1)oc(=O)n2C. The summed E-state index contributed by atoms with van der Waals surface area (Å²) in [6.45, 7) is 1.88. The van der Waals surface area contributed by atoms with Gasteiger partial charge in [-0.05, 0) is 55.2 Å². The van der Waals surface area contributed by atoms with E-state index in [0.29, 0.717) is 22.7 Å². The third-order valence-corrected chi connectivity index (χ3v) is 7.02. The molecule has 0 radical (unpaired) electrons. The lowest BCUT2D eigenvalue weighted by molar-refractivity contribution is -0.117. The minimum Gasteiger partial charge on any atom is -0.495 e. The second-order valence-electron chi connectivity index (χ2n) is 7.20. The van der Waals surface area contributed by atoms with Crippen LogP contribution in [0.25, 0.3) is 11.1 Å². The lowest BCUT2D eigenvalue weighted by Gasteiger charge is -2.19. The number of ether oxygens (including phenoxy) is 1. The number of aryl methyl sites for hydroxylation is 2. The molecule has 0 aliphatic carbocycles. The summed E-state index contributed by atoms with van der Waals surface area (Å²) in [5.41, 5.74) is 1.99. The van der Waals surface area contributed by atoms with Crippen LogP contribution in [0.3, 0.4) is 0 Å². The number of aromatic nitrogens is 1. The first-order valence-electron chi connectivity index (χ1n) is 9.72. The maximum Gasteiger partial charge on any atom is 0.419 e. The quantitative estimate of drug-likeness (QED) is 0.484. The summed E-state index contributed by atoms with van der Waals surface area (Å²) in [5.74, 6) is -0.0521. The zero-order valence-electron chi connectivity index (χ0n) is 18.2. The normalized spacial score (nSPS) is 12.6. The van der Waals surface area contributed by atoms with Crippen molar-refractivity contribution in [2.24, 2.45) is 7.05 Å². The predicted molar refractivity (Wildman–Crippen MR) is 125 cm³/mol. The number of oxazole rings is 1. The van der Waals surface area contributed by atoms with Crippen molar-refractivity contribution >= 4 is 44.5 Å². The highest BCUT2D eigenvalue weighted by atomic mass is 32.2. The van der Waals surface area contributed by atoms with E-state index in [-0.39, 0.29) is 16.9 Å². The van der Waals surface area contributed by atoms with Gasteiger partial charge in [-0.3, -0.25) is 9.36 Å². The highest BCUT2D eigenvalue weighted by Crippen LogP contribution is 2.26. The number of amides is 1. The molecule has 2 N–H and O–H groups in total. The second kappa shape index (κ2) is 9.80. The standard InChI is InChI=1S/C21H25N3O6S2/c1-13-5-8-18(29-3)16(11-13)22-20(25)15(9-10-31-4)23-32(27,28)14-6-7-17-19(12-14)30-21(26)24(17)2/h5-8,11-12,15,23H,9-10H2,1-4H3,(H,22,25)/t15-/m0/s1. The number of carbonyl (C=O) groups is 1. The van der Waals surface area contributed by atoms with Crippen molar-refractivity contribution < 1.29 is 22.4 Å². The minimum absolute atomic E-state index is 0.102. The number of nitrogens with one attached hydrogen (secondary N) is 2. The second-order valence-corrected chi connectivity index (χ2v) is 9.90. The minimum atomic E-state index is -4.07. The average Bonchev–Trinajstić information content (AvgIpc) is 3.04. The van der Waals surface area contributed by atoms with Crippen LogP contribution in [0.5, 0.6) is 5.75 Å². The number of benzene rings is 2. The van der Waals surface area contributed by atoms with Gasteiger partial charge in [-0.1, -0.05) is 6.07 Å². The van der Waals surface area contributed by atoms with Crippen LogP contribution in [0.2, 0.25) is 0 Å². The first-order chi connectivity index (χ1) is 15.2. The molecule has 3 aromatic rings. The number of sulfonamides is 1. The van der Waals surface area contributed by atoms with Gasteiger partial charge >= 0.3 is 5.76 Å². The molecule has 172 valence electrons. The highest BCUT2D eigenvalue weighted by Gasteiger charge is 2.27. The van der Waals surface area contributed by atoms with Crippen LogP contribution in [-0.2, 0) is 21.9 Å². The molecule has 1 aromatic heterocycles. The molecule has 1 amide bonds. The summed E-state index contributed by atoms with van der Waals surface area (Å²) in [5, 5.41) is 2.76. The van der Waals surface area contributed by atoms with E-state index >= 15 is 0 Å². The number of carbonyl (C=O) groups excluding carboxylic acids is 1. The summed E-state index contributed by atoms with van der Waals surface area (Å²) in [7, 11) is -1.05. The van der Waals surface area contributed by atoms with Crippen molar-refractivity contribution in [1.29, 1.82) is 0 Å². The number of hydrogen-bond acceptors (Lipinski definition) is 7. The smallest absolute Gasteiger partial charge is 0.419 e. The van der Waals surface area contributed by atoms with E-state index in [1.54, 1.807) is 12.1 Å². The van der Waals surface area contributed by atoms with Crippen molar-refractivity contribution in [3.8, 4) is 5.75 Å². The van der Waals surface area contributed by atoms with Crippen LogP contribution in [0.15, 0.2) is 50.5 Å². The highest BCUT2D eigenvalue weighted by molar-refractivity contribution is 7.98. The monoisotopic (exact) mass is 479 g/mol. The van der Waals surface area contributed by atoms with Gasteiger partial charge in [-0.2, -0.15) is 16.5 Å². The van der Waals surface area contributed by atoms with Gasteiger partial charge in [0, 0.05) is 13.1 Å². The van der Waals surface area contributed by atoms with E-state index in [9.17, 15) is 18.0 Å². The molecule has 0 saturated carbocycles. The fourth-order valence-electron chi connectivity index (χ4n) is 3.16. The predicted octanol–water partition coefficient (Wildman–Crippen LogP) is 2.49. The number of thioether (sulfide) groups is 1. The van der Waals surface area contributed by atoms with Crippen molar-refractivity contribution in [3.63, 3.8) is 0 Å². The van der Waals surface area contributed by atoms with Crippen molar-refractivity contribution in [2.45, 2.75) is 24.3 Å². The summed E-state index contributed by atoms with van der Waals surface area (Å²) < 4.78 is 40.2. The molecule has 1 atom stereocenters. The molecule has 2 aromatic carbocycles. The largest absolute Gasteiger partial charge is 0.495 e. The summed E-state index contributed by atoms with van der Waals surface area (Å²) in [6.07, 6.45) is 2.15. The Balaban J connectivity index is 1.88. The van der Waals surface area contributed by atoms with Gasteiger partial charge in [0.1, 0.15) is 11.8 Å². The summed E-state index contributed by atoms with van der Waals surface area (Å²) in [6, 6.07) is 8.44. The molecule has 0 fully saturated rings. The molecule has 0 unspecified atom stereocenters. The number of hydrogen-bond donors (Lipinski definition) is 2. The zero-order chi connectivity index (χ0) is 23.5. The molecular weight excluding hydrogens is 454 g/mol. The summed E-state index contributed by atoms with van der Waals surface area (Å²) >= 11 is 1.50. The lowest BCUT2D eigenvalue weighted by Crippen LogP contribution is -2.44.